The van der Waals surface area contributed by atoms with Gasteiger partial charge in [-0.2, -0.15) is 0 Å². The molecule has 2 aromatic carbocycles. The van der Waals surface area contributed by atoms with Crippen LogP contribution in [0.5, 0.6) is 11.5 Å². The number of hydrogen-bond donors (Lipinski definition) is 1. The minimum Gasteiger partial charge on any atom is -0.493 e. The van der Waals surface area contributed by atoms with Crippen LogP contribution in [0.1, 0.15) is 49.7 Å². The van der Waals surface area contributed by atoms with Crippen molar-refractivity contribution in [3.63, 3.8) is 0 Å². The minimum atomic E-state index is -0.247. The lowest BCUT2D eigenvalue weighted by molar-refractivity contribution is 0.282. The highest BCUT2D eigenvalue weighted by Gasteiger charge is 2.15. The predicted octanol–water partition coefficient (Wildman–Crippen LogP) is 6.41. The van der Waals surface area contributed by atoms with E-state index in [0.29, 0.717) is 24.1 Å². The first kappa shape index (κ1) is 23.0. The molecule has 28 heavy (non-hydrogen) atoms. The second-order valence-electron chi connectivity index (χ2n) is 7.09. The molecule has 3 rings (SSSR count). The summed E-state index contributed by atoms with van der Waals surface area (Å²) in [5.74, 6) is 1.12. The molecular formula is C22H28BrClFNO2. The van der Waals surface area contributed by atoms with E-state index in [4.69, 9.17) is 9.47 Å². The van der Waals surface area contributed by atoms with Crippen LogP contribution in [0.15, 0.2) is 40.9 Å². The highest BCUT2D eigenvalue weighted by Crippen LogP contribution is 2.37. The van der Waals surface area contributed by atoms with Gasteiger partial charge in [0.25, 0.3) is 0 Å². The zero-order valence-corrected chi connectivity index (χ0v) is 18.6. The molecule has 1 saturated carbocycles. The molecule has 0 aromatic heterocycles. The van der Waals surface area contributed by atoms with Gasteiger partial charge in [0.05, 0.1) is 11.6 Å². The largest absolute Gasteiger partial charge is 0.493 e. The molecule has 3 nitrogen and oxygen atoms in total. The van der Waals surface area contributed by atoms with Gasteiger partial charge in [-0.05, 0) is 64.2 Å². The fourth-order valence-electron chi connectivity index (χ4n) is 3.50. The third kappa shape index (κ3) is 6.64. The Bertz CT molecular complexity index is 734. The van der Waals surface area contributed by atoms with E-state index >= 15 is 0 Å². The van der Waals surface area contributed by atoms with E-state index in [0.717, 1.165) is 22.1 Å². The molecule has 0 unspecified atom stereocenters. The van der Waals surface area contributed by atoms with Crippen molar-refractivity contribution in [2.75, 3.05) is 7.11 Å². The molecule has 0 aliphatic heterocycles. The molecule has 0 amide bonds. The molecule has 0 saturated heterocycles. The van der Waals surface area contributed by atoms with E-state index in [1.807, 2.05) is 6.07 Å². The highest BCUT2D eigenvalue weighted by atomic mass is 79.9. The average molecular weight is 473 g/mol. The summed E-state index contributed by atoms with van der Waals surface area (Å²) in [5, 5.41) is 3.69. The van der Waals surface area contributed by atoms with Crippen molar-refractivity contribution in [1.82, 2.24) is 5.32 Å². The Labute approximate surface area is 181 Å². The Kier molecular flexibility index (Phi) is 9.56. The second kappa shape index (κ2) is 11.6. The van der Waals surface area contributed by atoms with Gasteiger partial charge in [-0.1, -0.05) is 37.8 Å². The van der Waals surface area contributed by atoms with E-state index in [-0.39, 0.29) is 18.2 Å². The molecule has 1 aliphatic rings. The fraction of sp³-hybridized carbons (Fsp3) is 0.455. The first-order chi connectivity index (χ1) is 13.2. The first-order valence-electron chi connectivity index (χ1n) is 9.63. The number of rotatable bonds is 7. The first-order valence-corrected chi connectivity index (χ1v) is 10.4. The Hall–Kier alpha value is -1.30. The van der Waals surface area contributed by atoms with Crippen LogP contribution in [0.4, 0.5) is 4.39 Å². The van der Waals surface area contributed by atoms with Crippen molar-refractivity contribution in [2.24, 2.45) is 0 Å². The summed E-state index contributed by atoms with van der Waals surface area (Å²) < 4.78 is 25.4. The topological polar surface area (TPSA) is 30.5 Å². The number of nitrogens with one attached hydrogen (secondary N) is 1. The average Bonchev–Trinajstić information content (AvgIpc) is 2.95. The van der Waals surface area contributed by atoms with Crippen molar-refractivity contribution in [3.8, 4) is 11.5 Å². The number of halogens is 3. The lowest BCUT2D eigenvalue weighted by atomic mass is 10.1. The van der Waals surface area contributed by atoms with Gasteiger partial charge in [0.1, 0.15) is 12.4 Å². The van der Waals surface area contributed by atoms with E-state index in [1.165, 1.54) is 50.7 Å². The van der Waals surface area contributed by atoms with Crippen LogP contribution < -0.4 is 14.8 Å². The van der Waals surface area contributed by atoms with Gasteiger partial charge in [0.15, 0.2) is 11.5 Å². The third-order valence-electron chi connectivity index (χ3n) is 5.04. The van der Waals surface area contributed by atoms with Crippen LogP contribution in [0.3, 0.4) is 0 Å². The predicted molar refractivity (Wildman–Crippen MR) is 117 cm³/mol. The maximum absolute atomic E-state index is 13.0. The van der Waals surface area contributed by atoms with E-state index in [1.54, 1.807) is 19.2 Å². The van der Waals surface area contributed by atoms with Crippen LogP contribution >= 0.6 is 28.3 Å². The smallest absolute Gasteiger partial charge is 0.175 e. The van der Waals surface area contributed by atoms with E-state index < -0.39 is 0 Å². The van der Waals surface area contributed by atoms with Gasteiger partial charge in [0, 0.05) is 12.6 Å². The minimum absolute atomic E-state index is 0. The Morgan fingerprint density at radius 2 is 1.71 bits per heavy atom. The Morgan fingerprint density at radius 1 is 1.04 bits per heavy atom. The van der Waals surface area contributed by atoms with Gasteiger partial charge in [-0.25, -0.2) is 4.39 Å². The number of ether oxygens (including phenoxy) is 2. The molecule has 0 atom stereocenters. The summed E-state index contributed by atoms with van der Waals surface area (Å²) in [5.41, 5.74) is 2.07. The molecule has 6 heteroatoms. The van der Waals surface area contributed by atoms with Crippen LogP contribution in [-0.4, -0.2) is 13.2 Å². The lowest BCUT2D eigenvalue weighted by Gasteiger charge is -2.18. The molecule has 1 N–H and O–H groups in total. The van der Waals surface area contributed by atoms with Gasteiger partial charge >= 0.3 is 0 Å². The van der Waals surface area contributed by atoms with Gasteiger partial charge in [0.2, 0.25) is 0 Å². The molecule has 0 bridgehead atoms. The molecule has 154 valence electrons. The summed E-state index contributed by atoms with van der Waals surface area (Å²) in [7, 11) is 1.65. The molecular weight excluding hydrogens is 445 g/mol. The summed E-state index contributed by atoms with van der Waals surface area (Å²) in [6.45, 7) is 1.17. The van der Waals surface area contributed by atoms with Crippen LogP contribution in [0.2, 0.25) is 0 Å². The third-order valence-corrected chi connectivity index (χ3v) is 5.62. The van der Waals surface area contributed by atoms with Gasteiger partial charge in [-0.15, -0.1) is 12.4 Å². The van der Waals surface area contributed by atoms with Crippen LogP contribution in [0.25, 0.3) is 0 Å². The zero-order chi connectivity index (χ0) is 19.1. The molecule has 2 aromatic rings. The SMILES string of the molecule is COc1cc(CNC2CCCCCC2)cc(Br)c1OCc1ccc(F)cc1.Cl. The van der Waals surface area contributed by atoms with Crippen LogP contribution in [-0.2, 0) is 13.2 Å². The Morgan fingerprint density at radius 3 is 2.36 bits per heavy atom. The van der Waals surface area contributed by atoms with Crippen molar-refractivity contribution in [1.29, 1.82) is 0 Å². The van der Waals surface area contributed by atoms with Gasteiger partial charge in [-0.3, -0.25) is 0 Å². The van der Waals surface area contributed by atoms with E-state index in [9.17, 15) is 4.39 Å². The number of hydrogen-bond acceptors (Lipinski definition) is 3. The van der Waals surface area contributed by atoms with Crippen molar-refractivity contribution >= 4 is 28.3 Å². The molecule has 1 fully saturated rings. The molecule has 1 aliphatic carbocycles. The standard InChI is InChI=1S/C22H27BrFNO2.ClH/c1-26-21-13-17(14-25-19-6-4-2-3-5-7-19)12-20(23)22(21)27-15-16-8-10-18(24)11-9-16;/h8-13,19,25H,2-7,14-15H2,1H3;1H. The zero-order valence-electron chi connectivity index (χ0n) is 16.2. The maximum atomic E-state index is 13.0. The summed E-state index contributed by atoms with van der Waals surface area (Å²) in [4.78, 5) is 0. The quantitative estimate of drug-likeness (QED) is 0.472. The van der Waals surface area contributed by atoms with Crippen molar-refractivity contribution in [3.05, 3.63) is 57.8 Å². The Balaban J connectivity index is 0.00000280. The number of benzene rings is 2. The van der Waals surface area contributed by atoms with Crippen molar-refractivity contribution in [2.45, 2.75) is 57.7 Å². The molecule has 0 heterocycles. The van der Waals surface area contributed by atoms with Crippen molar-refractivity contribution < 1.29 is 13.9 Å². The number of methoxy groups -OCH3 is 1. The summed E-state index contributed by atoms with van der Waals surface area (Å²) in [6.07, 6.45) is 7.88. The summed E-state index contributed by atoms with van der Waals surface area (Å²) in [6, 6.07) is 11.0. The maximum Gasteiger partial charge on any atom is 0.175 e. The molecule has 0 radical (unpaired) electrons. The van der Waals surface area contributed by atoms with Gasteiger partial charge < -0.3 is 14.8 Å². The summed E-state index contributed by atoms with van der Waals surface area (Å²) >= 11 is 3.61. The monoisotopic (exact) mass is 471 g/mol. The second-order valence-corrected chi connectivity index (χ2v) is 7.95. The highest BCUT2D eigenvalue weighted by molar-refractivity contribution is 9.10. The molecule has 0 spiro atoms. The van der Waals surface area contributed by atoms with Crippen LogP contribution in [0, 0.1) is 5.82 Å². The van der Waals surface area contributed by atoms with E-state index in [2.05, 4.69) is 27.3 Å². The normalized spacial score (nSPS) is 14.8. The fourth-order valence-corrected chi connectivity index (χ4v) is 4.10. The lowest BCUT2D eigenvalue weighted by Crippen LogP contribution is -2.27.